The van der Waals surface area contributed by atoms with Crippen LogP contribution in [0.2, 0.25) is 0 Å². The minimum Gasteiger partial charge on any atom is -0.328 e. The van der Waals surface area contributed by atoms with E-state index in [0.29, 0.717) is 6.42 Å². The number of benzene rings is 1. The first-order chi connectivity index (χ1) is 8.48. The standard InChI is InChI=1S/C13H17NO2S2/c1-10(14)6-7-18(15,16)9-11-8-17-13-5-3-2-4-12(11)13/h2-5,8,10H,6-7,9,14H2,1H3. The molecule has 0 fully saturated rings. The number of thiophene rings is 1. The lowest BCUT2D eigenvalue weighted by molar-refractivity contribution is 0.587. The summed E-state index contributed by atoms with van der Waals surface area (Å²) < 4.78 is 25.1. The van der Waals surface area contributed by atoms with E-state index in [1.165, 1.54) is 0 Å². The molecular formula is C13H17NO2S2. The Bertz CT molecular complexity index is 629. The van der Waals surface area contributed by atoms with E-state index in [1.807, 2.05) is 36.6 Å². The van der Waals surface area contributed by atoms with Crippen molar-refractivity contribution in [2.45, 2.75) is 25.1 Å². The molecule has 98 valence electrons. The van der Waals surface area contributed by atoms with Gasteiger partial charge in [-0.2, -0.15) is 0 Å². The van der Waals surface area contributed by atoms with Gasteiger partial charge in [0.25, 0.3) is 0 Å². The van der Waals surface area contributed by atoms with Gasteiger partial charge >= 0.3 is 0 Å². The van der Waals surface area contributed by atoms with E-state index in [9.17, 15) is 8.42 Å². The fourth-order valence-corrected chi connectivity index (χ4v) is 4.48. The minimum absolute atomic E-state index is 0.0704. The van der Waals surface area contributed by atoms with Gasteiger partial charge in [-0.05, 0) is 35.7 Å². The molecule has 0 aliphatic carbocycles. The molecule has 3 nitrogen and oxygen atoms in total. The highest BCUT2D eigenvalue weighted by molar-refractivity contribution is 7.90. The van der Waals surface area contributed by atoms with Gasteiger partial charge in [-0.25, -0.2) is 8.42 Å². The van der Waals surface area contributed by atoms with Crippen LogP contribution >= 0.6 is 11.3 Å². The zero-order valence-electron chi connectivity index (χ0n) is 10.3. The van der Waals surface area contributed by atoms with E-state index in [-0.39, 0.29) is 17.5 Å². The zero-order chi connectivity index (χ0) is 13.2. The molecule has 0 spiro atoms. The van der Waals surface area contributed by atoms with Crippen LogP contribution in [0.5, 0.6) is 0 Å². The topological polar surface area (TPSA) is 60.2 Å². The molecule has 1 aromatic heterocycles. The second-order valence-corrected chi connectivity index (χ2v) is 7.71. The molecule has 0 saturated heterocycles. The van der Waals surface area contributed by atoms with Gasteiger partial charge in [-0.3, -0.25) is 0 Å². The van der Waals surface area contributed by atoms with Gasteiger partial charge < -0.3 is 5.73 Å². The number of hydrogen-bond donors (Lipinski definition) is 1. The minimum atomic E-state index is -3.06. The quantitative estimate of drug-likeness (QED) is 0.917. The summed E-state index contributed by atoms with van der Waals surface area (Å²) in [6.07, 6.45) is 0.518. The van der Waals surface area contributed by atoms with Crippen LogP contribution in [0.3, 0.4) is 0 Å². The van der Waals surface area contributed by atoms with Crippen LogP contribution in [-0.4, -0.2) is 20.2 Å². The van der Waals surface area contributed by atoms with Crippen molar-refractivity contribution >= 4 is 31.3 Å². The third-order valence-electron chi connectivity index (χ3n) is 2.82. The molecule has 2 aromatic rings. The molecule has 0 radical (unpaired) electrons. The Morgan fingerprint density at radius 3 is 2.78 bits per heavy atom. The summed E-state index contributed by atoms with van der Waals surface area (Å²) in [4.78, 5) is 0. The molecule has 0 saturated carbocycles. The number of fused-ring (bicyclic) bond motifs is 1. The first kappa shape index (κ1) is 13.5. The maximum absolute atomic E-state index is 12.0. The summed E-state index contributed by atoms with van der Waals surface area (Å²) in [5.74, 6) is 0.276. The summed E-state index contributed by atoms with van der Waals surface area (Å²) in [6, 6.07) is 7.82. The highest BCUT2D eigenvalue weighted by Crippen LogP contribution is 2.27. The molecule has 1 atom stereocenters. The number of hydrogen-bond acceptors (Lipinski definition) is 4. The zero-order valence-corrected chi connectivity index (χ0v) is 11.9. The van der Waals surface area contributed by atoms with E-state index in [1.54, 1.807) is 11.3 Å². The van der Waals surface area contributed by atoms with Gasteiger partial charge in [0.1, 0.15) is 0 Å². The third-order valence-corrected chi connectivity index (χ3v) is 5.44. The normalized spacial score (nSPS) is 13.9. The van der Waals surface area contributed by atoms with Crippen molar-refractivity contribution in [1.29, 1.82) is 0 Å². The number of sulfone groups is 1. The van der Waals surface area contributed by atoms with Crippen LogP contribution in [0, 0.1) is 0 Å². The SMILES string of the molecule is CC(N)CCS(=O)(=O)Cc1csc2ccccc12. The molecule has 1 aromatic carbocycles. The maximum atomic E-state index is 12.0. The van der Waals surface area contributed by atoms with Crippen molar-refractivity contribution in [3.8, 4) is 0 Å². The van der Waals surface area contributed by atoms with Gasteiger partial charge in [-0.1, -0.05) is 18.2 Å². The summed E-state index contributed by atoms with van der Waals surface area (Å²) in [5.41, 5.74) is 6.50. The van der Waals surface area contributed by atoms with Gasteiger partial charge in [0.15, 0.2) is 9.84 Å². The molecule has 1 unspecified atom stereocenters. The summed E-state index contributed by atoms with van der Waals surface area (Å²) in [5, 5.41) is 2.99. The predicted molar refractivity (Wildman–Crippen MR) is 77.6 cm³/mol. The lowest BCUT2D eigenvalue weighted by Crippen LogP contribution is -2.20. The van der Waals surface area contributed by atoms with E-state index in [0.717, 1.165) is 15.6 Å². The fourth-order valence-electron chi connectivity index (χ4n) is 1.82. The van der Waals surface area contributed by atoms with Crippen LogP contribution < -0.4 is 5.73 Å². The van der Waals surface area contributed by atoms with Gasteiger partial charge in [0, 0.05) is 10.7 Å². The Kier molecular flexibility index (Phi) is 4.04. The molecular weight excluding hydrogens is 266 g/mol. The van der Waals surface area contributed by atoms with Crippen molar-refractivity contribution in [2.24, 2.45) is 5.73 Å². The van der Waals surface area contributed by atoms with Crippen LogP contribution in [0.4, 0.5) is 0 Å². The molecule has 0 bridgehead atoms. The average molecular weight is 283 g/mol. The first-order valence-corrected chi connectivity index (χ1v) is 8.59. The van der Waals surface area contributed by atoms with Crippen LogP contribution in [-0.2, 0) is 15.6 Å². The van der Waals surface area contributed by atoms with E-state index < -0.39 is 9.84 Å². The van der Waals surface area contributed by atoms with E-state index >= 15 is 0 Å². The van der Waals surface area contributed by atoms with Crippen LogP contribution in [0.15, 0.2) is 29.6 Å². The van der Waals surface area contributed by atoms with Crippen LogP contribution in [0.1, 0.15) is 18.9 Å². The Morgan fingerprint density at radius 2 is 2.06 bits per heavy atom. The van der Waals surface area contributed by atoms with Crippen LogP contribution in [0.25, 0.3) is 10.1 Å². The smallest absolute Gasteiger partial charge is 0.154 e. The van der Waals surface area contributed by atoms with E-state index in [2.05, 4.69) is 0 Å². The summed E-state index contributed by atoms with van der Waals surface area (Å²) >= 11 is 1.59. The van der Waals surface area contributed by atoms with Crippen molar-refractivity contribution in [3.05, 3.63) is 35.2 Å². The van der Waals surface area contributed by atoms with Crippen molar-refractivity contribution in [2.75, 3.05) is 5.75 Å². The molecule has 2 N–H and O–H groups in total. The number of rotatable bonds is 5. The lowest BCUT2D eigenvalue weighted by atomic mass is 10.2. The Balaban J connectivity index is 2.18. The average Bonchev–Trinajstić information content (AvgIpc) is 2.70. The second kappa shape index (κ2) is 5.38. The second-order valence-electron chi connectivity index (χ2n) is 4.62. The van der Waals surface area contributed by atoms with Gasteiger partial charge in [0.2, 0.25) is 0 Å². The molecule has 0 aliphatic rings. The third kappa shape index (κ3) is 3.31. The Labute approximate surface area is 112 Å². The summed E-state index contributed by atoms with van der Waals surface area (Å²) in [6.45, 7) is 1.83. The molecule has 5 heteroatoms. The lowest BCUT2D eigenvalue weighted by Gasteiger charge is -2.06. The maximum Gasteiger partial charge on any atom is 0.154 e. The Morgan fingerprint density at radius 1 is 1.33 bits per heavy atom. The fraction of sp³-hybridized carbons (Fsp3) is 0.385. The first-order valence-electron chi connectivity index (χ1n) is 5.89. The molecule has 2 rings (SSSR count). The van der Waals surface area contributed by atoms with E-state index in [4.69, 9.17) is 5.73 Å². The molecule has 1 heterocycles. The van der Waals surface area contributed by atoms with Gasteiger partial charge in [-0.15, -0.1) is 11.3 Å². The summed E-state index contributed by atoms with van der Waals surface area (Å²) in [7, 11) is -3.06. The van der Waals surface area contributed by atoms with Crippen molar-refractivity contribution < 1.29 is 8.42 Å². The van der Waals surface area contributed by atoms with Gasteiger partial charge in [0.05, 0.1) is 11.5 Å². The molecule has 0 amide bonds. The van der Waals surface area contributed by atoms with Crippen molar-refractivity contribution in [1.82, 2.24) is 0 Å². The highest BCUT2D eigenvalue weighted by Gasteiger charge is 2.15. The number of nitrogens with two attached hydrogens (primary N) is 1. The Hall–Kier alpha value is -0.910. The molecule has 0 aliphatic heterocycles. The highest BCUT2D eigenvalue weighted by atomic mass is 32.2. The monoisotopic (exact) mass is 283 g/mol. The molecule has 18 heavy (non-hydrogen) atoms. The largest absolute Gasteiger partial charge is 0.328 e. The van der Waals surface area contributed by atoms with Crippen molar-refractivity contribution in [3.63, 3.8) is 0 Å². The predicted octanol–water partition coefficient (Wildman–Crippen LogP) is 2.55.